The number of hydrogen-bond acceptors (Lipinski definition) is 3. The second kappa shape index (κ2) is 6.30. The van der Waals surface area contributed by atoms with Gasteiger partial charge in [0.2, 0.25) is 5.91 Å². The number of rotatable bonds is 4. The highest BCUT2D eigenvalue weighted by atomic mass is 16.5. The van der Waals surface area contributed by atoms with E-state index in [0.29, 0.717) is 6.42 Å². The van der Waals surface area contributed by atoms with Crippen LogP contribution in [0.15, 0.2) is 11.6 Å². The Balaban J connectivity index is 2.35. The summed E-state index contributed by atoms with van der Waals surface area (Å²) in [7, 11) is 1.31. The first-order valence-corrected chi connectivity index (χ1v) is 5.68. The summed E-state index contributed by atoms with van der Waals surface area (Å²) < 4.78 is 4.53. The molecular formula is C12H19NO3. The number of amides is 1. The van der Waals surface area contributed by atoms with E-state index in [-0.39, 0.29) is 5.91 Å². The van der Waals surface area contributed by atoms with Gasteiger partial charge in [-0.05, 0) is 32.6 Å². The third-order valence-corrected chi connectivity index (χ3v) is 2.70. The molecule has 1 aliphatic rings. The van der Waals surface area contributed by atoms with E-state index in [4.69, 9.17) is 0 Å². The van der Waals surface area contributed by atoms with E-state index in [1.54, 1.807) is 6.92 Å². The molecule has 90 valence electrons. The normalized spacial score (nSPS) is 17.2. The van der Waals surface area contributed by atoms with Crippen LogP contribution in [0.2, 0.25) is 0 Å². The fourth-order valence-electron chi connectivity index (χ4n) is 1.80. The van der Waals surface area contributed by atoms with Crippen molar-refractivity contribution in [2.75, 3.05) is 7.11 Å². The van der Waals surface area contributed by atoms with Crippen molar-refractivity contribution in [3.8, 4) is 0 Å². The topological polar surface area (TPSA) is 55.4 Å². The molecule has 0 fully saturated rings. The lowest BCUT2D eigenvalue weighted by Gasteiger charge is -2.14. The summed E-state index contributed by atoms with van der Waals surface area (Å²) in [6.45, 7) is 1.62. The standard InChI is InChI=1S/C12H19NO3/c1-9(12(15)16-2)13-11(14)8-10-6-4-3-5-7-10/h6,9H,3-5,7-8H2,1-2H3,(H,13,14). The molecule has 1 atom stereocenters. The average Bonchev–Trinajstić information content (AvgIpc) is 2.29. The van der Waals surface area contributed by atoms with Gasteiger partial charge >= 0.3 is 5.97 Å². The quantitative estimate of drug-likeness (QED) is 0.583. The minimum Gasteiger partial charge on any atom is -0.467 e. The molecule has 0 heterocycles. The molecule has 0 bridgehead atoms. The molecule has 4 heteroatoms. The van der Waals surface area contributed by atoms with Crippen molar-refractivity contribution in [2.45, 2.75) is 45.1 Å². The third-order valence-electron chi connectivity index (χ3n) is 2.70. The van der Waals surface area contributed by atoms with E-state index in [1.165, 1.54) is 19.1 Å². The summed E-state index contributed by atoms with van der Waals surface area (Å²) in [5, 5.41) is 2.62. The zero-order valence-corrected chi connectivity index (χ0v) is 9.91. The second-order valence-corrected chi connectivity index (χ2v) is 4.10. The van der Waals surface area contributed by atoms with E-state index < -0.39 is 12.0 Å². The lowest BCUT2D eigenvalue weighted by atomic mass is 9.97. The van der Waals surface area contributed by atoms with Crippen molar-refractivity contribution >= 4 is 11.9 Å². The minimum atomic E-state index is -0.568. The number of esters is 1. The van der Waals surface area contributed by atoms with E-state index in [1.807, 2.05) is 0 Å². The molecule has 0 saturated carbocycles. The molecule has 0 aliphatic heterocycles. The molecule has 0 aromatic rings. The van der Waals surface area contributed by atoms with Crippen molar-refractivity contribution in [1.29, 1.82) is 0 Å². The van der Waals surface area contributed by atoms with Crippen molar-refractivity contribution in [1.82, 2.24) is 5.32 Å². The highest BCUT2D eigenvalue weighted by Crippen LogP contribution is 2.19. The Bertz CT molecular complexity index is 297. The van der Waals surface area contributed by atoms with Crippen LogP contribution in [0.5, 0.6) is 0 Å². The van der Waals surface area contributed by atoms with Gasteiger partial charge in [0, 0.05) is 6.42 Å². The summed E-state index contributed by atoms with van der Waals surface area (Å²) in [6, 6.07) is -0.568. The molecular weight excluding hydrogens is 206 g/mol. The van der Waals surface area contributed by atoms with Crippen LogP contribution in [0.4, 0.5) is 0 Å². The van der Waals surface area contributed by atoms with E-state index >= 15 is 0 Å². The number of allylic oxidation sites excluding steroid dienone is 1. The van der Waals surface area contributed by atoms with Gasteiger partial charge in [-0.3, -0.25) is 4.79 Å². The number of carbonyl (C=O) groups is 2. The zero-order chi connectivity index (χ0) is 12.0. The van der Waals surface area contributed by atoms with Gasteiger partial charge in [-0.2, -0.15) is 0 Å². The molecule has 1 rings (SSSR count). The summed E-state index contributed by atoms with van der Waals surface area (Å²) in [6.07, 6.45) is 6.97. The second-order valence-electron chi connectivity index (χ2n) is 4.10. The Labute approximate surface area is 96.0 Å². The van der Waals surface area contributed by atoms with Crippen LogP contribution in [-0.2, 0) is 14.3 Å². The summed E-state index contributed by atoms with van der Waals surface area (Å²) in [4.78, 5) is 22.7. The van der Waals surface area contributed by atoms with E-state index in [0.717, 1.165) is 19.3 Å². The number of hydrogen-bond donors (Lipinski definition) is 1. The fourth-order valence-corrected chi connectivity index (χ4v) is 1.80. The molecule has 0 aromatic carbocycles. The molecule has 1 aliphatic carbocycles. The van der Waals surface area contributed by atoms with Gasteiger partial charge < -0.3 is 10.1 Å². The van der Waals surface area contributed by atoms with Gasteiger partial charge in [0.05, 0.1) is 7.11 Å². The van der Waals surface area contributed by atoms with Crippen molar-refractivity contribution in [3.05, 3.63) is 11.6 Å². The maximum absolute atomic E-state index is 11.6. The minimum absolute atomic E-state index is 0.106. The molecule has 1 amide bonds. The lowest BCUT2D eigenvalue weighted by Crippen LogP contribution is -2.39. The molecule has 0 spiro atoms. The first-order chi connectivity index (χ1) is 7.63. The molecule has 16 heavy (non-hydrogen) atoms. The van der Waals surface area contributed by atoms with Crippen LogP contribution in [0.1, 0.15) is 39.0 Å². The highest BCUT2D eigenvalue weighted by Gasteiger charge is 2.16. The molecule has 1 N–H and O–H groups in total. The van der Waals surface area contributed by atoms with Gasteiger partial charge in [0.15, 0.2) is 0 Å². The van der Waals surface area contributed by atoms with Crippen LogP contribution in [-0.4, -0.2) is 25.0 Å². The van der Waals surface area contributed by atoms with Crippen LogP contribution in [0.25, 0.3) is 0 Å². The van der Waals surface area contributed by atoms with Crippen LogP contribution >= 0.6 is 0 Å². The Morgan fingerprint density at radius 3 is 2.81 bits per heavy atom. The largest absolute Gasteiger partial charge is 0.467 e. The van der Waals surface area contributed by atoms with Crippen LogP contribution in [0.3, 0.4) is 0 Å². The van der Waals surface area contributed by atoms with Gasteiger partial charge in [-0.15, -0.1) is 0 Å². The lowest BCUT2D eigenvalue weighted by molar-refractivity contribution is -0.144. The van der Waals surface area contributed by atoms with Gasteiger partial charge in [0.25, 0.3) is 0 Å². The molecule has 0 saturated heterocycles. The highest BCUT2D eigenvalue weighted by molar-refractivity contribution is 5.85. The van der Waals surface area contributed by atoms with Gasteiger partial charge in [-0.1, -0.05) is 11.6 Å². The first kappa shape index (κ1) is 12.7. The average molecular weight is 225 g/mol. The molecule has 0 radical (unpaired) electrons. The monoisotopic (exact) mass is 225 g/mol. The van der Waals surface area contributed by atoms with Crippen LogP contribution < -0.4 is 5.32 Å². The van der Waals surface area contributed by atoms with Crippen LogP contribution in [0, 0.1) is 0 Å². The molecule has 0 aromatic heterocycles. The fraction of sp³-hybridized carbons (Fsp3) is 0.667. The van der Waals surface area contributed by atoms with Gasteiger partial charge in [0.1, 0.15) is 6.04 Å². The SMILES string of the molecule is COC(=O)C(C)NC(=O)CC1=CCCCC1. The first-order valence-electron chi connectivity index (χ1n) is 5.68. The number of nitrogens with one attached hydrogen (secondary N) is 1. The van der Waals surface area contributed by atoms with Crippen molar-refractivity contribution in [3.63, 3.8) is 0 Å². The Morgan fingerprint density at radius 2 is 2.25 bits per heavy atom. The Morgan fingerprint density at radius 1 is 1.50 bits per heavy atom. The maximum Gasteiger partial charge on any atom is 0.328 e. The smallest absolute Gasteiger partial charge is 0.328 e. The van der Waals surface area contributed by atoms with Crippen molar-refractivity contribution in [2.24, 2.45) is 0 Å². The zero-order valence-electron chi connectivity index (χ0n) is 9.91. The third kappa shape index (κ3) is 4.04. The predicted octanol–water partition coefficient (Wildman–Crippen LogP) is 1.55. The number of carbonyl (C=O) groups excluding carboxylic acids is 2. The maximum atomic E-state index is 11.6. The summed E-state index contributed by atoms with van der Waals surface area (Å²) in [5.41, 5.74) is 1.18. The number of ether oxygens (including phenoxy) is 1. The van der Waals surface area contributed by atoms with E-state index in [9.17, 15) is 9.59 Å². The molecule has 1 unspecified atom stereocenters. The Kier molecular flexibility index (Phi) is 5.02. The summed E-state index contributed by atoms with van der Waals surface area (Å²) in [5.74, 6) is -0.517. The predicted molar refractivity (Wildman–Crippen MR) is 60.8 cm³/mol. The van der Waals surface area contributed by atoms with Crippen molar-refractivity contribution < 1.29 is 14.3 Å². The van der Waals surface area contributed by atoms with Gasteiger partial charge in [-0.25, -0.2) is 4.79 Å². The summed E-state index contributed by atoms with van der Waals surface area (Å²) >= 11 is 0. The Hall–Kier alpha value is -1.32. The van der Waals surface area contributed by atoms with E-state index in [2.05, 4.69) is 16.1 Å². The number of methoxy groups -OCH3 is 1. The molecule has 4 nitrogen and oxygen atoms in total.